The van der Waals surface area contributed by atoms with Gasteiger partial charge in [-0.15, -0.1) is 0 Å². The third kappa shape index (κ3) is 2.58. The van der Waals surface area contributed by atoms with Crippen molar-refractivity contribution in [2.75, 3.05) is 0 Å². The molecule has 5 heteroatoms. The number of hydrogen-bond donors (Lipinski definition) is 0. The van der Waals surface area contributed by atoms with Crippen LogP contribution in [0.2, 0.25) is 0 Å². The molecule has 0 N–H and O–H groups in total. The third-order valence-corrected chi connectivity index (χ3v) is 5.52. The van der Waals surface area contributed by atoms with Crippen LogP contribution in [0.5, 0.6) is 0 Å². The van der Waals surface area contributed by atoms with Crippen LogP contribution in [-0.4, -0.2) is 18.7 Å². The van der Waals surface area contributed by atoms with E-state index in [2.05, 4.69) is 20.9 Å². The van der Waals surface area contributed by atoms with Gasteiger partial charge in [0.15, 0.2) is 9.84 Å². The second kappa shape index (κ2) is 3.87. The van der Waals surface area contributed by atoms with Crippen LogP contribution in [-0.2, 0) is 15.6 Å². The first-order chi connectivity index (χ1) is 6.99. The number of halogens is 1. The van der Waals surface area contributed by atoms with Gasteiger partial charge in [-0.3, -0.25) is 0 Å². The van der Waals surface area contributed by atoms with Gasteiger partial charge in [0.2, 0.25) is 0 Å². The fraction of sp³-hybridized carbons (Fsp3) is 0.500. The Balaban J connectivity index is 2.21. The quantitative estimate of drug-likeness (QED) is 0.802. The van der Waals surface area contributed by atoms with Crippen LogP contribution in [0.25, 0.3) is 0 Å². The molecule has 1 aliphatic carbocycles. The highest BCUT2D eigenvalue weighted by Gasteiger charge is 2.35. The van der Waals surface area contributed by atoms with E-state index in [0.717, 1.165) is 28.6 Å². The summed E-state index contributed by atoms with van der Waals surface area (Å²) in [7, 11) is -2.93. The highest BCUT2D eigenvalue weighted by atomic mass is 79.9. The Morgan fingerprint density at radius 1 is 1.53 bits per heavy atom. The van der Waals surface area contributed by atoms with E-state index in [9.17, 15) is 8.42 Å². The lowest BCUT2D eigenvalue weighted by Gasteiger charge is -2.04. The van der Waals surface area contributed by atoms with Gasteiger partial charge >= 0.3 is 0 Å². The molecule has 0 aliphatic heterocycles. The molecule has 2 rings (SSSR count). The van der Waals surface area contributed by atoms with E-state index in [0.29, 0.717) is 0 Å². The minimum atomic E-state index is -2.93. The van der Waals surface area contributed by atoms with Crippen LogP contribution in [0, 0.1) is 6.92 Å². The maximum atomic E-state index is 11.7. The molecule has 0 spiro atoms. The van der Waals surface area contributed by atoms with Crippen molar-refractivity contribution in [3.8, 4) is 0 Å². The Morgan fingerprint density at radius 2 is 2.20 bits per heavy atom. The second-order valence-electron chi connectivity index (χ2n) is 3.96. The van der Waals surface area contributed by atoms with Gasteiger partial charge < -0.3 is 0 Å². The van der Waals surface area contributed by atoms with Gasteiger partial charge in [-0.2, -0.15) is 0 Å². The smallest absolute Gasteiger partial charge is 0.157 e. The molecule has 1 aromatic rings. The van der Waals surface area contributed by atoms with Crippen LogP contribution in [0.4, 0.5) is 0 Å². The fourth-order valence-corrected chi connectivity index (χ4v) is 3.40. The van der Waals surface area contributed by atoms with Gasteiger partial charge in [-0.25, -0.2) is 13.4 Å². The summed E-state index contributed by atoms with van der Waals surface area (Å²) in [5, 5.41) is -0.0959. The maximum absolute atomic E-state index is 11.7. The van der Waals surface area contributed by atoms with Crippen LogP contribution in [0.3, 0.4) is 0 Å². The van der Waals surface area contributed by atoms with E-state index in [1.54, 1.807) is 6.20 Å². The van der Waals surface area contributed by atoms with E-state index in [1.165, 1.54) is 0 Å². The van der Waals surface area contributed by atoms with Crippen molar-refractivity contribution in [3.05, 3.63) is 28.0 Å². The largest absolute Gasteiger partial charge is 0.249 e. The summed E-state index contributed by atoms with van der Waals surface area (Å²) in [6.07, 6.45) is 3.27. The highest BCUT2D eigenvalue weighted by Crippen LogP contribution is 2.31. The number of hydrogen-bond acceptors (Lipinski definition) is 3. The average molecular weight is 290 g/mol. The monoisotopic (exact) mass is 289 g/mol. The second-order valence-corrected chi connectivity index (χ2v) is 6.99. The predicted molar refractivity (Wildman–Crippen MR) is 62.3 cm³/mol. The van der Waals surface area contributed by atoms with Crippen molar-refractivity contribution in [2.45, 2.75) is 30.8 Å². The molecule has 0 atom stereocenters. The molecular weight excluding hydrogens is 278 g/mol. The summed E-state index contributed by atoms with van der Waals surface area (Å²) >= 11 is 3.29. The van der Waals surface area contributed by atoms with E-state index in [1.807, 2.05) is 13.0 Å². The molecular formula is C10H12BrNO2S. The summed E-state index contributed by atoms with van der Waals surface area (Å²) in [4.78, 5) is 4.09. The van der Waals surface area contributed by atoms with Crippen molar-refractivity contribution in [2.24, 2.45) is 0 Å². The number of rotatable bonds is 3. The van der Waals surface area contributed by atoms with E-state index >= 15 is 0 Å². The normalized spacial score (nSPS) is 16.7. The Hall–Kier alpha value is -0.420. The molecule has 0 saturated heterocycles. The van der Waals surface area contributed by atoms with Crippen LogP contribution in [0.15, 0.2) is 16.9 Å². The Bertz CT molecular complexity index is 480. The molecule has 1 aromatic heterocycles. The molecule has 3 nitrogen and oxygen atoms in total. The Morgan fingerprint density at radius 3 is 2.73 bits per heavy atom. The number of aryl methyl sites for hydroxylation is 1. The van der Waals surface area contributed by atoms with Gasteiger partial charge in [0.1, 0.15) is 4.60 Å². The van der Waals surface area contributed by atoms with Crippen LogP contribution in [0.1, 0.15) is 24.0 Å². The number of aromatic nitrogens is 1. The molecule has 0 amide bonds. The minimum absolute atomic E-state index is 0.0959. The molecule has 1 heterocycles. The molecule has 82 valence electrons. The SMILES string of the molecule is Cc1cc(CS(=O)(=O)C2CC2)cnc1Br. The molecule has 0 aromatic carbocycles. The van der Waals surface area contributed by atoms with E-state index < -0.39 is 9.84 Å². The first kappa shape index (κ1) is 11.1. The summed E-state index contributed by atoms with van der Waals surface area (Å²) in [5.41, 5.74) is 1.75. The Kier molecular flexibility index (Phi) is 2.85. The first-order valence-corrected chi connectivity index (χ1v) is 7.32. The van der Waals surface area contributed by atoms with Gasteiger partial charge in [-0.05, 0) is 46.8 Å². The van der Waals surface area contributed by atoms with Crippen LogP contribution >= 0.6 is 15.9 Å². The molecule has 1 saturated carbocycles. The molecule has 15 heavy (non-hydrogen) atoms. The first-order valence-electron chi connectivity index (χ1n) is 4.81. The number of sulfone groups is 1. The lowest BCUT2D eigenvalue weighted by molar-refractivity contribution is 0.594. The van der Waals surface area contributed by atoms with Crippen molar-refractivity contribution in [1.82, 2.24) is 4.98 Å². The number of nitrogens with zero attached hydrogens (tertiary/aromatic N) is 1. The van der Waals surface area contributed by atoms with Gasteiger partial charge in [0.05, 0.1) is 11.0 Å². The summed E-state index contributed by atoms with van der Waals surface area (Å²) in [6, 6.07) is 1.87. The predicted octanol–water partition coefficient (Wildman–Crippen LogP) is 2.23. The molecule has 1 fully saturated rings. The fourth-order valence-electron chi connectivity index (χ4n) is 1.47. The average Bonchev–Trinajstić information content (AvgIpc) is 2.93. The maximum Gasteiger partial charge on any atom is 0.157 e. The summed E-state index contributed by atoms with van der Waals surface area (Å²) in [5.74, 6) is 0.124. The highest BCUT2D eigenvalue weighted by molar-refractivity contribution is 9.10. The molecule has 0 radical (unpaired) electrons. The minimum Gasteiger partial charge on any atom is -0.249 e. The molecule has 0 bridgehead atoms. The number of pyridine rings is 1. The third-order valence-electron chi connectivity index (χ3n) is 2.47. The standard InChI is InChI=1S/C10H12BrNO2S/c1-7-4-8(5-12-10(7)11)6-15(13,14)9-2-3-9/h4-5,9H,2-3,6H2,1H3. The summed E-state index contributed by atoms with van der Waals surface area (Å²) < 4.78 is 24.2. The van der Waals surface area contributed by atoms with E-state index in [-0.39, 0.29) is 11.0 Å². The summed E-state index contributed by atoms with van der Waals surface area (Å²) in [6.45, 7) is 1.91. The van der Waals surface area contributed by atoms with Gasteiger partial charge in [0, 0.05) is 6.20 Å². The van der Waals surface area contributed by atoms with Crippen LogP contribution < -0.4 is 0 Å². The van der Waals surface area contributed by atoms with E-state index in [4.69, 9.17) is 0 Å². The zero-order valence-corrected chi connectivity index (χ0v) is 10.8. The van der Waals surface area contributed by atoms with Crippen molar-refractivity contribution in [3.63, 3.8) is 0 Å². The zero-order chi connectivity index (χ0) is 11.1. The Labute approximate surface area is 98.0 Å². The lowest BCUT2D eigenvalue weighted by atomic mass is 10.2. The van der Waals surface area contributed by atoms with Gasteiger partial charge in [0.25, 0.3) is 0 Å². The lowest BCUT2D eigenvalue weighted by Crippen LogP contribution is -2.10. The molecule has 1 aliphatic rings. The van der Waals surface area contributed by atoms with Crippen molar-refractivity contribution >= 4 is 25.8 Å². The topological polar surface area (TPSA) is 47.0 Å². The van der Waals surface area contributed by atoms with Crippen molar-refractivity contribution in [1.29, 1.82) is 0 Å². The molecule has 0 unspecified atom stereocenters. The van der Waals surface area contributed by atoms with Crippen molar-refractivity contribution < 1.29 is 8.42 Å². The van der Waals surface area contributed by atoms with Gasteiger partial charge in [-0.1, -0.05) is 6.07 Å². The zero-order valence-electron chi connectivity index (χ0n) is 8.40.